The molecule has 2 aromatic rings. The molecule has 0 spiro atoms. The van der Waals surface area contributed by atoms with Gasteiger partial charge in [-0.15, -0.1) is 0 Å². The summed E-state index contributed by atoms with van der Waals surface area (Å²) in [6, 6.07) is 13.6. The lowest BCUT2D eigenvalue weighted by molar-refractivity contribution is 0.0634. The molecular formula is C19H25N3O. The number of hydrogen-bond donors (Lipinski definition) is 0. The molecule has 3 heterocycles. The summed E-state index contributed by atoms with van der Waals surface area (Å²) in [5.74, 6) is 0. The van der Waals surface area contributed by atoms with E-state index in [1.165, 1.54) is 11.3 Å². The van der Waals surface area contributed by atoms with Crippen LogP contribution in [0.3, 0.4) is 0 Å². The fourth-order valence-electron chi connectivity index (χ4n) is 4.11. The minimum atomic E-state index is 0.168. The molecule has 1 aromatic heterocycles. The maximum Gasteiger partial charge on any atom is 0.0775 e. The minimum absolute atomic E-state index is 0.168. The van der Waals surface area contributed by atoms with E-state index in [0.29, 0.717) is 6.04 Å². The molecule has 1 aromatic carbocycles. The number of likely N-dealkylation sites (tertiary alicyclic amines) is 1. The van der Waals surface area contributed by atoms with Crippen LogP contribution in [0, 0.1) is 13.8 Å². The van der Waals surface area contributed by atoms with Crippen molar-refractivity contribution in [1.29, 1.82) is 0 Å². The summed E-state index contributed by atoms with van der Waals surface area (Å²) < 4.78 is 7.97. The Kier molecular flexibility index (Phi) is 3.74. The Balaban J connectivity index is 1.45. The summed E-state index contributed by atoms with van der Waals surface area (Å²) >= 11 is 0. The van der Waals surface area contributed by atoms with Crippen molar-refractivity contribution in [2.75, 3.05) is 32.8 Å². The van der Waals surface area contributed by atoms with Gasteiger partial charge < -0.3 is 4.74 Å². The maximum absolute atomic E-state index is 5.77. The molecule has 1 atom stereocenters. The molecule has 2 fully saturated rings. The van der Waals surface area contributed by atoms with Crippen molar-refractivity contribution in [3.8, 4) is 0 Å². The Labute approximate surface area is 138 Å². The van der Waals surface area contributed by atoms with Gasteiger partial charge in [0.05, 0.1) is 18.3 Å². The smallest absolute Gasteiger partial charge is 0.0775 e. The number of aryl methyl sites for hydroxylation is 2. The molecule has 23 heavy (non-hydrogen) atoms. The standard InChI is InChI=1S/C19H25N3O/c1-15-10-16(2)22(20-15)18-11-21(12-18)13-19(8-9-23-14-19)17-6-4-3-5-7-17/h3-7,10,18H,8-9,11-14H2,1-2H3/t19-/m0/s1. The fraction of sp³-hybridized carbons (Fsp3) is 0.526. The largest absolute Gasteiger partial charge is 0.380 e. The number of ether oxygens (including phenoxy) is 1. The van der Waals surface area contributed by atoms with Crippen LogP contribution in [0.1, 0.15) is 29.4 Å². The van der Waals surface area contributed by atoms with E-state index in [9.17, 15) is 0 Å². The van der Waals surface area contributed by atoms with Crippen molar-refractivity contribution in [2.24, 2.45) is 0 Å². The number of nitrogens with zero attached hydrogens (tertiary/aromatic N) is 3. The van der Waals surface area contributed by atoms with Gasteiger partial charge in [-0.1, -0.05) is 30.3 Å². The summed E-state index contributed by atoms with van der Waals surface area (Å²) in [6.45, 7) is 9.22. The average molecular weight is 311 g/mol. The Bertz CT molecular complexity index is 667. The highest BCUT2D eigenvalue weighted by Crippen LogP contribution is 2.36. The number of aromatic nitrogens is 2. The normalized spacial score (nSPS) is 25.7. The van der Waals surface area contributed by atoms with Gasteiger partial charge in [-0.05, 0) is 31.9 Å². The van der Waals surface area contributed by atoms with E-state index in [0.717, 1.165) is 45.0 Å². The predicted molar refractivity (Wildman–Crippen MR) is 90.7 cm³/mol. The zero-order valence-corrected chi connectivity index (χ0v) is 14.0. The van der Waals surface area contributed by atoms with Crippen LogP contribution >= 0.6 is 0 Å². The molecule has 4 nitrogen and oxygen atoms in total. The van der Waals surface area contributed by atoms with Crippen LogP contribution in [0.5, 0.6) is 0 Å². The van der Waals surface area contributed by atoms with Crippen LogP contribution in [0.2, 0.25) is 0 Å². The van der Waals surface area contributed by atoms with Gasteiger partial charge >= 0.3 is 0 Å². The molecule has 0 bridgehead atoms. The zero-order valence-electron chi connectivity index (χ0n) is 14.0. The van der Waals surface area contributed by atoms with Crippen LogP contribution in [-0.4, -0.2) is 47.5 Å². The highest BCUT2D eigenvalue weighted by molar-refractivity contribution is 5.27. The summed E-state index contributed by atoms with van der Waals surface area (Å²) in [6.07, 6.45) is 1.12. The van der Waals surface area contributed by atoms with E-state index in [1.807, 2.05) is 0 Å². The van der Waals surface area contributed by atoms with E-state index in [1.54, 1.807) is 0 Å². The zero-order chi connectivity index (χ0) is 15.9. The molecule has 2 aliphatic rings. The predicted octanol–water partition coefficient (Wildman–Crippen LogP) is 2.71. The van der Waals surface area contributed by atoms with Crippen LogP contribution in [0.15, 0.2) is 36.4 Å². The molecule has 0 amide bonds. The Morgan fingerprint density at radius 1 is 1.22 bits per heavy atom. The third-order valence-corrected chi connectivity index (χ3v) is 5.34. The second kappa shape index (κ2) is 5.77. The quantitative estimate of drug-likeness (QED) is 0.870. The Hall–Kier alpha value is -1.65. The molecule has 0 N–H and O–H groups in total. The van der Waals surface area contributed by atoms with Crippen molar-refractivity contribution in [3.63, 3.8) is 0 Å². The van der Waals surface area contributed by atoms with Gasteiger partial charge in [-0.2, -0.15) is 5.10 Å². The first-order valence-electron chi connectivity index (χ1n) is 8.55. The van der Waals surface area contributed by atoms with Crippen molar-refractivity contribution in [1.82, 2.24) is 14.7 Å². The molecular weight excluding hydrogens is 286 g/mol. The number of hydrogen-bond acceptors (Lipinski definition) is 3. The molecule has 0 radical (unpaired) electrons. The lowest BCUT2D eigenvalue weighted by Gasteiger charge is -2.44. The van der Waals surface area contributed by atoms with E-state index in [-0.39, 0.29) is 5.41 Å². The first kappa shape index (κ1) is 14.9. The van der Waals surface area contributed by atoms with Crippen molar-refractivity contribution in [3.05, 3.63) is 53.3 Å². The molecule has 122 valence electrons. The summed E-state index contributed by atoms with van der Waals surface area (Å²) in [4.78, 5) is 2.56. The average Bonchev–Trinajstić information content (AvgIpc) is 3.11. The highest BCUT2D eigenvalue weighted by Gasteiger charge is 2.41. The van der Waals surface area contributed by atoms with E-state index < -0.39 is 0 Å². The van der Waals surface area contributed by atoms with Crippen molar-refractivity contribution < 1.29 is 4.74 Å². The van der Waals surface area contributed by atoms with E-state index in [4.69, 9.17) is 4.74 Å². The molecule has 2 saturated heterocycles. The SMILES string of the molecule is Cc1cc(C)n(C2CN(C[C@@]3(c4ccccc4)CCOC3)C2)n1. The minimum Gasteiger partial charge on any atom is -0.380 e. The summed E-state index contributed by atoms with van der Waals surface area (Å²) in [7, 11) is 0. The number of rotatable bonds is 4. The topological polar surface area (TPSA) is 30.3 Å². The fourth-order valence-corrected chi connectivity index (χ4v) is 4.11. The molecule has 0 aliphatic carbocycles. The Morgan fingerprint density at radius 3 is 2.61 bits per heavy atom. The van der Waals surface area contributed by atoms with Gasteiger partial charge in [0.15, 0.2) is 0 Å². The molecule has 2 aliphatic heterocycles. The van der Waals surface area contributed by atoms with Crippen LogP contribution in [0.4, 0.5) is 0 Å². The second-order valence-electron chi connectivity index (χ2n) is 7.17. The molecule has 4 heteroatoms. The van der Waals surface area contributed by atoms with Crippen LogP contribution in [-0.2, 0) is 10.2 Å². The lowest BCUT2D eigenvalue weighted by Crippen LogP contribution is -2.53. The van der Waals surface area contributed by atoms with E-state index >= 15 is 0 Å². The first-order valence-corrected chi connectivity index (χ1v) is 8.55. The summed E-state index contributed by atoms with van der Waals surface area (Å²) in [5, 5.41) is 4.64. The maximum atomic E-state index is 5.77. The van der Waals surface area contributed by atoms with Crippen LogP contribution < -0.4 is 0 Å². The van der Waals surface area contributed by atoms with Gasteiger partial charge in [0.25, 0.3) is 0 Å². The summed E-state index contributed by atoms with van der Waals surface area (Å²) in [5.41, 5.74) is 3.98. The van der Waals surface area contributed by atoms with Crippen molar-refractivity contribution in [2.45, 2.75) is 31.7 Å². The third-order valence-electron chi connectivity index (χ3n) is 5.34. The second-order valence-corrected chi connectivity index (χ2v) is 7.17. The number of benzene rings is 1. The van der Waals surface area contributed by atoms with Gasteiger partial charge in [0.2, 0.25) is 0 Å². The third kappa shape index (κ3) is 2.70. The van der Waals surface area contributed by atoms with Gasteiger partial charge in [0.1, 0.15) is 0 Å². The van der Waals surface area contributed by atoms with Crippen molar-refractivity contribution >= 4 is 0 Å². The van der Waals surface area contributed by atoms with Gasteiger partial charge in [-0.3, -0.25) is 9.58 Å². The lowest BCUT2D eigenvalue weighted by atomic mass is 9.78. The first-order chi connectivity index (χ1) is 11.2. The van der Waals surface area contributed by atoms with Crippen LogP contribution in [0.25, 0.3) is 0 Å². The van der Waals surface area contributed by atoms with E-state index in [2.05, 4.69) is 64.9 Å². The molecule has 4 rings (SSSR count). The van der Waals surface area contributed by atoms with Gasteiger partial charge in [-0.25, -0.2) is 0 Å². The highest BCUT2D eigenvalue weighted by atomic mass is 16.5. The Morgan fingerprint density at radius 2 is 2.00 bits per heavy atom. The monoisotopic (exact) mass is 311 g/mol. The van der Waals surface area contributed by atoms with Gasteiger partial charge in [0, 0.05) is 37.4 Å². The molecule has 0 unspecified atom stereocenters. The molecule has 0 saturated carbocycles.